The van der Waals surface area contributed by atoms with Crippen molar-refractivity contribution in [1.29, 1.82) is 0 Å². The van der Waals surface area contributed by atoms with Crippen LogP contribution in [-0.2, 0) is 14.3 Å². The van der Waals surface area contributed by atoms with E-state index in [0.29, 0.717) is 33.5 Å². The molecule has 1 aromatic heterocycles. The van der Waals surface area contributed by atoms with Crippen LogP contribution in [0.3, 0.4) is 0 Å². The predicted molar refractivity (Wildman–Crippen MR) is 148 cm³/mol. The Morgan fingerprint density at radius 1 is 1.13 bits per heavy atom. The minimum absolute atomic E-state index is 0.000661. The van der Waals surface area contributed by atoms with Gasteiger partial charge in [-0.05, 0) is 38.8 Å². The fourth-order valence-electron chi connectivity index (χ4n) is 3.97. The number of piperazine rings is 1. The van der Waals surface area contributed by atoms with E-state index in [1.165, 1.54) is 0 Å². The third kappa shape index (κ3) is 7.31. The molecule has 0 aliphatic carbocycles. The maximum atomic E-state index is 13.0. The molecule has 1 atom stereocenters. The molecule has 0 radical (unpaired) electrons. The molecular formula is C26H36BrClN4O6. The molecule has 2 amide bonds. The first kappa shape index (κ1) is 30.0. The molecule has 2 aromatic rings. The number of amides is 2. The fourth-order valence-corrected chi connectivity index (χ4v) is 4.84. The molecule has 1 saturated heterocycles. The number of carbonyl (C=O) groups excluding carboxylic acids is 3. The summed E-state index contributed by atoms with van der Waals surface area (Å²) in [7, 11) is 0. The summed E-state index contributed by atoms with van der Waals surface area (Å²) >= 11 is 9.94. The molecule has 210 valence electrons. The Labute approximate surface area is 236 Å². The summed E-state index contributed by atoms with van der Waals surface area (Å²) in [4.78, 5) is 41.8. The maximum Gasteiger partial charge on any atom is 0.435 e. The standard InChI is InChI=1S/C26H36BrClN4O6/c1-15(2)13-37-25(35)32-20-11-17(27)10-19(28)21(20)22(29-32)36-14-18-12-30(23(33)16(3)4)8-9-31(18)24(34)38-26(5,6)7/h10-11,15-16,18H,8-9,12-14H2,1-7H3. The minimum atomic E-state index is -0.681. The summed E-state index contributed by atoms with van der Waals surface area (Å²) in [6, 6.07) is 2.87. The van der Waals surface area contributed by atoms with E-state index in [1.807, 2.05) is 27.7 Å². The highest BCUT2D eigenvalue weighted by Gasteiger charge is 2.36. The molecule has 1 aromatic carbocycles. The number of hydrogen-bond acceptors (Lipinski definition) is 7. The third-order valence-electron chi connectivity index (χ3n) is 5.71. The van der Waals surface area contributed by atoms with Gasteiger partial charge in [0, 0.05) is 30.0 Å². The van der Waals surface area contributed by atoms with E-state index in [2.05, 4.69) is 21.0 Å². The number of nitrogens with zero attached hydrogens (tertiary/aromatic N) is 4. The summed E-state index contributed by atoms with van der Waals surface area (Å²) in [5.74, 6) is 0.0802. The van der Waals surface area contributed by atoms with Gasteiger partial charge in [0.2, 0.25) is 11.8 Å². The van der Waals surface area contributed by atoms with E-state index in [9.17, 15) is 14.4 Å². The summed E-state index contributed by atoms with van der Waals surface area (Å²) < 4.78 is 18.9. The van der Waals surface area contributed by atoms with Crippen molar-refractivity contribution in [3.05, 3.63) is 21.6 Å². The fraction of sp³-hybridized carbons (Fsp3) is 0.615. The normalized spacial score (nSPS) is 16.3. The van der Waals surface area contributed by atoms with E-state index in [0.717, 1.165) is 4.68 Å². The van der Waals surface area contributed by atoms with Crippen LogP contribution < -0.4 is 4.74 Å². The zero-order valence-electron chi connectivity index (χ0n) is 22.9. The molecule has 0 saturated carbocycles. The first-order valence-electron chi connectivity index (χ1n) is 12.6. The lowest BCUT2D eigenvalue weighted by Gasteiger charge is -2.41. The van der Waals surface area contributed by atoms with Crippen molar-refractivity contribution in [2.75, 3.05) is 32.8 Å². The van der Waals surface area contributed by atoms with Gasteiger partial charge < -0.3 is 19.1 Å². The van der Waals surface area contributed by atoms with Gasteiger partial charge in [-0.2, -0.15) is 4.68 Å². The van der Waals surface area contributed by atoms with E-state index >= 15 is 0 Å². The summed E-state index contributed by atoms with van der Waals surface area (Å²) in [5, 5.41) is 5.13. The van der Waals surface area contributed by atoms with Gasteiger partial charge in [0.05, 0.1) is 28.6 Å². The van der Waals surface area contributed by atoms with E-state index in [1.54, 1.807) is 42.7 Å². The Morgan fingerprint density at radius 2 is 1.82 bits per heavy atom. The summed E-state index contributed by atoms with van der Waals surface area (Å²) in [6.07, 6.45) is -1.15. The largest absolute Gasteiger partial charge is 0.474 e. The van der Waals surface area contributed by atoms with Crippen molar-refractivity contribution >= 4 is 56.5 Å². The molecule has 1 aliphatic heterocycles. The topological polar surface area (TPSA) is 103 Å². The first-order valence-corrected chi connectivity index (χ1v) is 13.8. The van der Waals surface area contributed by atoms with Crippen LogP contribution in [0.25, 0.3) is 10.9 Å². The second-order valence-electron chi connectivity index (χ2n) is 11.0. The SMILES string of the molecule is CC(C)COC(=O)n1nc(OCC2CN(C(=O)C(C)C)CCN2C(=O)OC(C)(C)C)c2c(Cl)cc(Br)cc21. The van der Waals surface area contributed by atoms with Crippen LogP contribution >= 0.6 is 27.5 Å². The Morgan fingerprint density at radius 3 is 2.42 bits per heavy atom. The van der Waals surface area contributed by atoms with Crippen LogP contribution in [0.15, 0.2) is 16.6 Å². The van der Waals surface area contributed by atoms with Gasteiger partial charge in [0.15, 0.2) is 0 Å². The number of aromatic nitrogens is 2. The maximum absolute atomic E-state index is 13.0. The molecule has 0 spiro atoms. The highest BCUT2D eigenvalue weighted by atomic mass is 79.9. The molecule has 1 unspecified atom stereocenters. The number of rotatable bonds is 6. The Hall–Kier alpha value is -2.53. The van der Waals surface area contributed by atoms with Gasteiger partial charge in [0.25, 0.3) is 0 Å². The van der Waals surface area contributed by atoms with Crippen LogP contribution in [0, 0.1) is 11.8 Å². The van der Waals surface area contributed by atoms with Crippen molar-refractivity contribution < 1.29 is 28.6 Å². The van der Waals surface area contributed by atoms with Crippen LogP contribution in [0.2, 0.25) is 5.02 Å². The van der Waals surface area contributed by atoms with Crippen LogP contribution in [0.4, 0.5) is 9.59 Å². The Bertz CT molecular complexity index is 1190. The van der Waals surface area contributed by atoms with Crippen LogP contribution in [0.5, 0.6) is 5.88 Å². The smallest absolute Gasteiger partial charge is 0.435 e. The second kappa shape index (κ2) is 12.1. The lowest BCUT2D eigenvalue weighted by atomic mass is 10.1. The number of hydrogen-bond donors (Lipinski definition) is 0. The van der Waals surface area contributed by atoms with E-state index in [-0.39, 0.29) is 43.4 Å². The monoisotopic (exact) mass is 614 g/mol. The average molecular weight is 616 g/mol. The molecule has 38 heavy (non-hydrogen) atoms. The summed E-state index contributed by atoms with van der Waals surface area (Å²) in [6.45, 7) is 14.1. The molecule has 3 rings (SSSR count). The lowest BCUT2D eigenvalue weighted by Crippen LogP contribution is -2.59. The molecule has 1 fully saturated rings. The molecule has 12 heteroatoms. The first-order chi connectivity index (χ1) is 17.7. The summed E-state index contributed by atoms with van der Waals surface area (Å²) in [5.41, 5.74) is -0.267. The van der Waals surface area contributed by atoms with Gasteiger partial charge in [-0.25, -0.2) is 9.59 Å². The van der Waals surface area contributed by atoms with Gasteiger partial charge in [-0.1, -0.05) is 55.2 Å². The van der Waals surface area contributed by atoms with Crippen LogP contribution in [-0.4, -0.2) is 82.2 Å². The van der Waals surface area contributed by atoms with E-state index < -0.39 is 23.8 Å². The second-order valence-corrected chi connectivity index (χ2v) is 12.4. The van der Waals surface area contributed by atoms with Gasteiger partial charge >= 0.3 is 12.2 Å². The Balaban J connectivity index is 1.91. The van der Waals surface area contributed by atoms with Crippen molar-refractivity contribution in [3.8, 4) is 5.88 Å². The van der Waals surface area contributed by atoms with Gasteiger partial charge in [-0.15, -0.1) is 5.10 Å². The minimum Gasteiger partial charge on any atom is -0.474 e. The number of benzene rings is 1. The van der Waals surface area contributed by atoms with Gasteiger partial charge in [-0.3, -0.25) is 9.69 Å². The highest BCUT2D eigenvalue weighted by molar-refractivity contribution is 9.10. The third-order valence-corrected chi connectivity index (χ3v) is 6.46. The molecule has 0 N–H and O–H groups in total. The zero-order valence-corrected chi connectivity index (χ0v) is 25.3. The molecule has 2 heterocycles. The lowest BCUT2D eigenvalue weighted by molar-refractivity contribution is -0.137. The highest BCUT2D eigenvalue weighted by Crippen LogP contribution is 2.35. The Kier molecular flexibility index (Phi) is 9.57. The quantitative estimate of drug-likeness (QED) is 0.418. The van der Waals surface area contributed by atoms with Crippen molar-refractivity contribution in [1.82, 2.24) is 19.6 Å². The molecule has 1 aliphatic rings. The molecular weight excluding hydrogens is 580 g/mol. The van der Waals surface area contributed by atoms with Gasteiger partial charge in [0.1, 0.15) is 12.2 Å². The zero-order chi connectivity index (χ0) is 28.4. The van der Waals surface area contributed by atoms with Crippen molar-refractivity contribution in [3.63, 3.8) is 0 Å². The average Bonchev–Trinajstić information content (AvgIpc) is 3.17. The van der Waals surface area contributed by atoms with E-state index in [4.69, 9.17) is 25.8 Å². The number of fused-ring (bicyclic) bond motifs is 1. The van der Waals surface area contributed by atoms with Crippen LogP contribution in [0.1, 0.15) is 48.5 Å². The molecule has 0 bridgehead atoms. The van der Waals surface area contributed by atoms with Crippen molar-refractivity contribution in [2.45, 2.75) is 60.1 Å². The van der Waals surface area contributed by atoms with Crippen molar-refractivity contribution in [2.24, 2.45) is 11.8 Å². The number of ether oxygens (including phenoxy) is 3. The molecule has 10 nitrogen and oxygen atoms in total. The number of halogens is 2. The predicted octanol–water partition coefficient (Wildman–Crippen LogP) is 5.58. The number of carbonyl (C=O) groups is 3.